The molecule has 1 amide bonds. The van der Waals surface area contributed by atoms with Gasteiger partial charge in [0.15, 0.2) is 0 Å². The van der Waals surface area contributed by atoms with Crippen LogP contribution in [0.5, 0.6) is 0 Å². The Morgan fingerprint density at radius 3 is 2.88 bits per heavy atom. The van der Waals surface area contributed by atoms with Crippen LogP contribution in [0, 0.1) is 0 Å². The molecule has 0 bridgehead atoms. The third-order valence-corrected chi connectivity index (χ3v) is 4.83. The predicted molar refractivity (Wildman–Crippen MR) is 93.9 cm³/mol. The van der Waals surface area contributed by atoms with Crippen molar-refractivity contribution >= 4 is 16.8 Å². The van der Waals surface area contributed by atoms with E-state index in [2.05, 4.69) is 4.98 Å². The van der Waals surface area contributed by atoms with Gasteiger partial charge in [0, 0.05) is 24.0 Å². The van der Waals surface area contributed by atoms with Gasteiger partial charge in [-0.15, -0.1) is 0 Å². The van der Waals surface area contributed by atoms with Crippen LogP contribution in [-0.4, -0.2) is 39.1 Å². The first-order chi connectivity index (χ1) is 11.4. The summed E-state index contributed by atoms with van der Waals surface area (Å²) in [7, 11) is 0. The zero-order valence-electron chi connectivity index (χ0n) is 14.2. The number of para-hydroxylation sites is 1. The fourth-order valence-electron chi connectivity index (χ4n) is 3.56. The zero-order chi connectivity index (χ0) is 17.3. The smallest absolute Gasteiger partial charge is 0.251 e. The molecule has 2 heterocycles. The van der Waals surface area contributed by atoms with E-state index in [1.807, 2.05) is 30.3 Å². The van der Waals surface area contributed by atoms with Gasteiger partial charge in [0.25, 0.3) is 5.56 Å². The number of amides is 1. The maximum atomic E-state index is 12.6. The van der Waals surface area contributed by atoms with Crippen molar-refractivity contribution in [2.24, 2.45) is 0 Å². The largest absolute Gasteiger partial charge is 0.388 e. The molecule has 2 N–H and O–H groups in total. The summed E-state index contributed by atoms with van der Waals surface area (Å²) in [6, 6.07) is 9.34. The van der Waals surface area contributed by atoms with Crippen LogP contribution < -0.4 is 5.56 Å². The minimum Gasteiger partial charge on any atom is -0.388 e. The number of nitrogens with zero attached hydrogens (tertiary/aromatic N) is 1. The summed E-state index contributed by atoms with van der Waals surface area (Å²) in [5.41, 5.74) is 0.397. The van der Waals surface area contributed by atoms with Crippen LogP contribution in [0.4, 0.5) is 0 Å². The number of carbonyl (C=O) groups is 1. The van der Waals surface area contributed by atoms with Crippen molar-refractivity contribution in [2.45, 2.75) is 51.2 Å². The fraction of sp³-hybridized carbons (Fsp3) is 0.474. The van der Waals surface area contributed by atoms with Crippen molar-refractivity contribution < 1.29 is 9.90 Å². The fourth-order valence-corrected chi connectivity index (χ4v) is 3.56. The van der Waals surface area contributed by atoms with Gasteiger partial charge in [0.1, 0.15) is 0 Å². The Morgan fingerprint density at radius 2 is 2.12 bits per heavy atom. The number of rotatable bonds is 4. The molecule has 24 heavy (non-hydrogen) atoms. The quantitative estimate of drug-likeness (QED) is 0.904. The van der Waals surface area contributed by atoms with Crippen molar-refractivity contribution in [1.82, 2.24) is 9.88 Å². The minimum atomic E-state index is -0.896. The molecular formula is C19H24N2O3. The second-order valence-electron chi connectivity index (χ2n) is 7.11. The van der Waals surface area contributed by atoms with Crippen LogP contribution in [-0.2, 0) is 11.2 Å². The Morgan fingerprint density at radius 1 is 1.38 bits per heavy atom. The topological polar surface area (TPSA) is 73.4 Å². The standard InChI is InChI=1S/C19H24N2O3/c1-19(2,24)16-8-5-11-21(16)17(22)10-9-14-12-13-6-3-4-7-15(13)20-18(14)23/h3-4,6-7,12,16,24H,5,8-11H2,1-2H3,(H,20,23). The average Bonchev–Trinajstić information content (AvgIpc) is 3.02. The molecule has 1 atom stereocenters. The van der Waals surface area contributed by atoms with Gasteiger partial charge >= 0.3 is 0 Å². The van der Waals surface area contributed by atoms with E-state index in [1.165, 1.54) is 0 Å². The van der Waals surface area contributed by atoms with Gasteiger partial charge in [-0.2, -0.15) is 0 Å². The van der Waals surface area contributed by atoms with Crippen LogP contribution in [0.25, 0.3) is 10.9 Å². The van der Waals surface area contributed by atoms with Crippen molar-refractivity contribution in [3.63, 3.8) is 0 Å². The molecule has 3 rings (SSSR count). The number of likely N-dealkylation sites (tertiary alicyclic amines) is 1. The van der Waals surface area contributed by atoms with E-state index in [9.17, 15) is 14.7 Å². The van der Waals surface area contributed by atoms with Gasteiger partial charge in [-0.05, 0) is 50.6 Å². The number of nitrogens with one attached hydrogen (secondary N) is 1. The number of aromatic nitrogens is 1. The molecule has 128 valence electrons. The predicted octanol–water partition coefficient (Wildman–Crippen LogP) is 2.22. The van der Waals surface area contributed by atoms with Crippen LogP contribution in [0.1, 0.15) is 38.7 Å². The third kappa shape index (κ3) is 3.36. The van der Waals surface area contributed by atoms with E-state index in [0.29, 0.717) is 18.5 Å². The molecule has 0 aliphatic carbocycles. The Balaban J connectivity index is 1.72. The van der Waals surface area contributed by atoms with E-state index in [4.69, 9.17) is 0 Å². The van der Waals surface area contributed by atoms with Crippen molar-refractivity contribution in [3.8, 4) is 0 Å². The number of pyridine rings is 1. The van der Waals surface area contributed by atoms with Crippen molar-refractivity contribution in [1.29, 1.82) is 0 Å². The number of H-pyrrole nitrogens is 1. The first-order valence-corrected chi connectivity index (χ1v) is 8.49. The van der Waals surface area contributed by atoms with Crippen molar-refractivity contribution in [2.75, 3.05) is 6.54 Å². The highest BCUT2D eigenvalue weighted by atomic mass is 16.3. The normalized spacial score (nSPS) is 18.3. The molecule has 1 saturated heterocycles. The third-order valence-electron chi connectivity index (χ3n) is 4.83. The molecule has 1 unspecified atom stereocenters. The number of carbonyl (C=O) groups excluding carboxylic acids is 1. The highest BCUT2D eigenvalue weighted by Gasteiger charge is 2.38. The molecule has 5 nitrogen and oxygen atoms in total. The zero-order valence-corrected chi connectivity index (χ0v) is 14.2. The Kier molecular flexibility index (Phi) is 4.45. The summed E-state index contributed by atoms with van der Waals surface area (Å²) in [4.78, 5) is 29.4. The van der Waals surface area contributed by atoms with E-state index in [0.717, 1.165) is 23.7 Å². The Hall–Kier alpha value is -2.14. The number of fused-ring (bicyclic) bond motifs is 1. The van der Waals surface area contributed by atoms with Crippen LogP contribution in [0.15, 0.2) is 35.1 Å². The van der Waals surface area contributed by atoms with Gasteiger partial charge in [0.05, 0.1) is 11.6 Å². The number of hydrogen-bond donors (Lipinski definition) is 2. The lowest BCUT2D eigenvalue weighted by molar-refractivity contribution is -0.136. The molecule has 0 saturated carbocycles. The summed E-state index contributed by atoms with van der Waals surface area (Å²) in [6.45, 7) is 4.18. The highest BCUT2D eigenvalue weighted by molar-refractivity contribution is 5.79. The molecule has 1 fully saturated rings. The van der Waals surface area contributed by atoms with Gasteiger partial charge < -0.3 is 15.0 Å². The van der Waals surface area contributed by atoms with Crippen LogP contribution in [0.3, 0.4) is 0 Å². The van der Waals surface area contributed by atoms with Gasteiger partial charge in [0.2, 0.25) is 5.91 Å². The van der Waals surface area contributed by atoms with Gasteiger partial charge in [-0.3, -0.25) is 9.59 Å². The van der Waals surface area contributed by atoms with Crippen molar-refractivity contribution in [3.05, 3.63) is 46.2 Å². The summed E-state index contributed by atoms with van der Waals surface area (Å²) >= 11 is 0. The second-order valence-corrected chi connectivity index (χ2v) is 7.11. The molecule has 1 aromatic carbocycles. The summed E-state index contributed by atoms with van der Waals surface area (Å²) in [6.07, 6.45) is 2.44. The Bertz CT molecular complexity index is 804. The molecule has 1 aliphatic rings. The summed E-state index contributed by atoms with van der Waals surface area (Å²) < 4.78 is 0. The maximum absolute atomic E-state index is 12.6. The summed E-state index contributed by atoms with van der Waals surface area (Å²) in [5, 5.41) is 11.2. The van der Waals surface area contributed by atoms with Gasteiger partial charge in [-0.25, -0.2) is 0 Å². The molecule has 1 aromatic heterocycles. The highest BCUT2D eigenvalue weighted by Crippen LogP contribution is 2.27. The number of aryl methyl sites for hydroxylation is 1. The van der Waals surface area contributed by atoms with Crippen LogP contribution >= 0.6 is 0 Å². The minimum absolute atomic E-state index is 0.00665. The van der Waals surface area contributed by atoms with E-state index < -0.39 is 5.60 Å². The lowest BCUT2D eigenvalue weighted by Crippen LogP contribution is -2.48. The molecule has 0 spiro atoms. The first-order valence-electron chi connectivity index (χ1n) is 8.49. The monoisotopic (exact) mass is 328 g/mol. The SMILES string of the molecule is CC(C)(O)C1CCCN1C(=O)CCc1cc2ccccc2[nH]c1=O. The average molecular weight is 328 g/mol. The first kappa shape index (κ1) is 16.7. The lowest BCUT2D eigenvalue weighted by atomic mass is 9.96. The summed E-state index contributed by atoms with van der Waals surface area (Å²) in [5.74, 6) is 0.00665. The molecule has 5 heteroatoms. The Labute approximate surface area is 141 Å². The second kappa shape index (κ2) is 6.40. The van der Waals surface area contributed by atoms with Crippen LogP contribution in [0.2, 0.25) is 0 Å². The number of aromatic amines is 1. The molecule has 2 aromatic rings. The van der Waals surface area contributed by atoms with E-state index in [1.54, 1.807) is 18.7 Å². The number of hydrogen-bond acceptors (Lipinski definition) is 3. The molecule has 1 aliphatic heterocycles. The van der Waals surface area contributed by atoms with E-state index >= 15 is 0 Å². The number of aliphatic hydroxyl groups is 1. The molecular weight excluding hydrogens is 304 g/mol. The molecule has 0 radical (unpaired) electrons. The number of benzene rings is 1. The van der Waals surface area contributed by atoms with E-state index in [-0.39, 0.29) is 23.9 Å². The lowest BCUT2D eigenvalue weighted by Gasteiger charge is -2.33. The van der Waals surface area contributed by atoms with Gasteiger partial charge in [-0.1, -0.05) is 18.2 Å². The maximum Gasteiger partial charge on any atom is 0.251 e.